The molecule has 0 spiro atoms. The minimum Gasteiger partial charge on any atom is -0.493 e. The number of nitrogens with zero attached hydrogens (tertiary/aromatic N) is 1. The summed E-state index contributed by atoms with van der Waals surface area (Å²) in [5.41, 5.74) is 4.78. The van der Waals surface area contributed by atoms with Crippen molar-refractivity contribution in [1.29, 1.82) is 0 Å². The molecule has 1 N–H and O–H groups in total. The van der Waals surface area contributed by atoms with Crippen LogP contribution in [0, 0.1) is 12.8 Å². The minimum atomic E-state index is -0.0486. The molecule has 1 aromatic rings. The van der Waals surface area contributed by atoms with Crippen molar-refractivity contribution in [3.63, 3.8) is 0 Å². The van der Waals surface area contributed by atoms with Crippen molar-refractivity contribution in [3.05, 3.63) is 28.8 Å². The third-order valence-electron chi connectivity index (χ3n) is 4.13. The van der Waals surface area contributed by atoms with Crippen LogP contribution in [0.2, 0.25) is 5.02 Å². The van der Waals surface area contributed by atoms with E-state index in [-0.39, 0.29) is 5.91 Å². The predicted molar refractivity (Wildman–Crippen MR) is 94.1 cm³/mol. The molecule has 1 amide bonds. The Bertz CT molecular complexity index is 562. The highest BCUT2D eigenvalue weighted by Crippen LogP contribution is 2.22. The highest BCUT2D eigenvalue weighted by atomic mass is 35.5. The second-order valence-electron chi connectivity index (χ2n) is 6.26. The van der Waals surface area contributed by atoms with Crippen molar-refractivity contribution in [3.8, 4) is 5.75 Å². The van der Waals surface area contributed by atoms with E-state index in [4.69, 9.17) is 16.3 Å². The van der Waals surface area contributed by atoms with Gasteiger partial charge in [0.25, 0.3) is 0 Å². The highest BCUT2D eigenvalue weighted by Gasteiger charge is 2.13. The van der Waals surface area contributed by atoms with Gasteiger partial charge in [0.15, 0.2) is 0 Å². The molecule has 1 aliphatic rings. The molecule has 126 valence electrons. The van der Waals surface area contributed by atoms with E-state index >= 15 is 0 Å². The van der Waals surface area contributed by atoms with E-state index in [2.05, 4.69) is 17.5 Å². The Morgan fingerprint density at radius 2 is 2.13 bits per heavy atom. The topological polar surface area (TPSA) is 50.7 Å². The largest absolute Gasteiger partial charge is 0.493 e. The number of aryl methyl sites for hydroxylation is 1. The van der Waals surface area contributed by atoms with Gasteiger partial charge >= 0.3 is 0 Å². The van der Waals surface area contributed by atoms with Crippen molar-refractivity contribution in [1.82, 2.24) is 5.43 Å². The smallest absolute Gasteiger partial charge is 0.240 e. The molecule has 0 aliphatic heterocycles. The average molecular weight is 337 g/mol. The normalized spacial score (nSPS) is 17.7. The summed E-state index contributed by atoms with van der Waals surface area (Å²) in [7, 11) is 0. The molecule has 0 aromatic heterocycles. The van der Waals surface area contributed by atoms with Crippen molar-refractivity contribution >= 4 is 23.2 Å². The quantitative estimate of drug-likeness (QED) is 0.614. The van der Waals surface area contributed by atoms with Crippen LogP contribution in [0.15, 0.2) is 23.3 Å². The van der Waals surface area contributed by atoms with Crippen molar-refractivity contribution in [2.24, 2.45) is 11.0 Å². The summed E-state index contributed by atoms with van der Waals surface area (Å²) in [6, 6.07) is 5.52. The lowest BCUT2D eigenvalue weighted by Crippen LogP contribution is -2.22. The van der Waals surface area contributed by atoms with Crippen molar-refractivity contribution in [2.75, 3.05) is 6.61 Å². The van der Waals surface area contributed by atoms with Gasteiger partial charge in [0.1, 0.15) is 5.75 Å². The van der Waals surface area contributed by atoms with Crippen LogP contribution in [0.3, 0.4) is 0 Å². The number of halogens is 1. The van der Waals surface area contributed by atoms with E-state index in [1.807, 2.05) is 19.1 Å². The first kappa shape index (κ1) is 17.8. The maximum atomic E-state index is 11.8. The standard InChI is InChI=1S/C18H25ClN2O2/c1-13-5-8-16(9-6-13)20-21-18(22)4-3-11-23-17-10-7-15(19)12-14(17)2/h7,10,12-13H,3-6,8-9,11H2,1-2H3,(H,21,22). The zero-order valence-corrected chi connectivity index (χ0v) is 14.7. The fraction of sp³-hybridized carbons (Fsp3) is 0.556. The number of carbonyl (C=O) groups excluding carboxylic acids is 1. The number of amides is 1. The molecular weight excluding hydrogens is 312 g/mol. The number of nitrogens with one attached hydrogen (secondary N) is 1. The summed E-state index contributed by atoms with van der Waals surface area (Å²) in [4.78, 5) is 11.8. The van der Waals surface area contributed by atoms with Crippen LogP contribution in [0.1, 0.15) is 51.0 Å². The summed E-state index contributed by atoms with van der Waals surface area (Å²) in [5.74, 6) is 1.54. The zero-order valence-electron chi connectivity index (χ0n) is 13.9. The first-order valence-corrected chi connectivity index (χ1v) is 8.65. The summed E-state index contributed by atoms with van der Waals surface area (Å²) in [6.07, 6.45) is 5.42. The van der Waals surface area contributed by atoms with Gasteiger partial charge in [-0.05, 0) is 68.7 Å². The van der Waals surface area contributed by atoms with E-state index in [1.165, 1.54) is 12.8 Å². The van der Waals surface area contributed by atoms with Crippen LogP contribution in [0.5, 0.6) is 5.75 Å². The average Bonchev–Trinajstić information content (AvgIpc) is 2.52. The molecule has 1 fully saturated rings. The summed E-state index contributed by atoms with van der Waals surface area (Å²) >= 11 is 5.91. The van der Waals surface area contributed by atoms with Gasteiger partial charge < -0.3 is 4.74 Å². The fourth-order valence-electron chi connectivity index (χ4n) is 2.59. The van der Waals surface area contributed by atoms with Crippen molar-refractivity contribution < 1.29 is 9.53 Å². The Morgan fingerprint density at radius 3 is 2.83 bits per heavy atom. The van der Waals surface area contributed by atoms with E-state index in [0.29, 0.717) is 24.5 Å². The maximum Gasteiger partial charge on any atom is 0.240 e. The van der Waals surface area contributed by atoms with E-state index < -0.39 is 0 Å². The fourth-order valence-corrected chi connectivity index (χ4v) is 2.82. The van der Waals surface area contributed by atoms with Crippen LogP contribution in [-0.4, -0.2) is 18.2 Å². The molecule has 0 unspecified atom stereocenters. The van der Waals surface area contributed by atoms with E-state index in [9.17, 15) is 4.79 Å². The van der Waals surface area contributed by atoms with Gasteiger partial charge in [0.2, 0.25) is 5.91 Å². The van der Waals surface area contributed by atoms with Gasteiger partial charge in [-0.25, -0.2) is 5.43 Å². The second-order valence-corrected chi connectivity index (χ2v) is 6.69. The number of hydrogen-bond donors (Lipinski definition) is 1. The van der Waals surface area contributed by atoms with Crippen LogP contribution >= 0.6 is 11.6 Å². The molecule has 5 heteroatoms. The van der Waals surface area contributed by atoms with Gasteiger partial charge in [-0.2, -0.15) is 5.10 Å². The number of ether oxygens (including phenoxy) is 1. The van der Waals surface area contributed by atoms with Gasteiger partial charge in [0, 0.05) is 17.2 Å². The molecule has 0 radical (unpaired) electrons. The number of carbonyl (C=O) groups is 1. The Kier molecular flexibility index (Phi) is 6.90. The lowest BCUT2D eigenvalue weighted by Gasteiger charge is -2.18. The number of benzene rings is 1. The van der Waals surface area contributed by atoms with Crippen LogP contribution in [-0.2, 0) is 4.79 Å². The van der Waals surface area contributed by atoms with Gasteiger partial charge in [0.05, 0.1) is 6.61 Å². The molecule has 4 nitrogen and oxygen atoms in total. The molecule has 0 saturated heterocycles. The third kappa shape index (κ3) is 6.22. The molecule has 0 heterocycles. The van der Waals surface area contributed by atoms with Crippen LogP contribution in [0.4, 0.5) is 0 Å². The van der Waals surface area contributed by atoms with Crippen LogP contribution < -0.4 is 10.2 Å². The zero-order chi connectivity index (χ0) is 16.7. The molecule has 2 rings (SSSR count). The van der Waals surface area contributed by atoms with Gasteiger partial charge in [-0.1, -0.05) is 18.5 Å². The molecule has 1 aromatic carbocycles. The predicted octanol–water partition coefficient (Wildman–Crippen LogP) is 4.49. The SMILES string of the molecule is Cc1cc(Cl)ccc1OCCCC(=O)NN=C1CCC(C)CC1. The minimum absolute atomic E-state index is 0.0486. The lowest BCUT2D eigenvalue weighted by atomic mass is 9.90. The monoisotopic (exact) mass is 336 g/mol. The number of hydrazone groups is 1. The molecule has 0 bridgehead atoms. The molecular formula is C18H25ClN2O2. The Balaban J connectivity index is 1.64. The second kappa shape index (κ2) is 8.92. The third-order valence-corrected chi connectivity index (χ3v) is 4.37. The Labute approximate surface area is 143 Å². The van der Waals surface area contributed by atoms with E-state index in [0.717, 1.165) is 35.8 Å². The number of hydrogen-bond acceptors (Lipinski definition) is 3. The molecule has 0 atom stereocenters. The first-order valence-electron chi connectivity index (χ1n) is 8.28. The Morgan fingerprint density at radius 1 is 1.39 bits per heavy atom. The van der Waals surface area contributed by atoms with E-state index in [1.54, 1.807) is 6.07 Å². The highest BCUT2D eigenvalue weighted by molar-refractivity contribution is 6.30. The van der Waals surface area contributed by atoms with Gasteiger partial charge in [-0.3, -0.25) is 4.79 Å². The summed E-state index contributed by atoms with van der Waals surface area (Å²) < 4.78 is 5.67. The summed E-state index contributed by atoms with van der Waals surface area (Å²) in [5, 5.41) is 4.94. The number of rotatable bonds is 6. The molecule has 1 aliphatic carbocycles. The first-order chi connectivity index (χ1) is 11.0. The Hall–Kier alpha value is -1.55. The molecule has 23 heavy (non-hydrogen) atoms. The van der Waals surface area contributed by atoms with Crippen LogP contribution in [0.25, 0.3) is 0 Å². The molecule has 1 saturated carbocycles. The lowest BCUT2D eigenvalue weighted by molar-refractivity contribution is -0.121. The summed E-state index contributed by atoms with van der Waals surface area (Å²) in [6.45, 7) is 4.72. The maximum absolute atomic E-state index is 11.8. The van der Waals surface area contributed by atoms with Gasteiger partial charge in [-0.15, -0.1) is 0 Å². The van der Waals surface area contributed by atoms with Crippen molar-refractivity contribution in [2.45, 2.75) is 52.4 Å².